The Bertz CT molecular complexity index is 800. The summed E-state index contributed by atoms with van der Waals surface area (Å²) in [4.78, 5) is 23.9. The largest absolute Gasteiger partial charge is 0.492 e. The van der Waals surface area contributed by atoms with E-state index in [1.165, 1.54) is 12.1 Å². The molecule has 2 N–H and O–H groups in total. The normalized spacial score (nSPS) is 10.8. The number of carbonyl (C=O) groups excluding carboxylic acids is 1. The first kappa shape index (κ1) is 19.4. The minimum absolute atomic E-state index is 0.108. The van der Waals surface area contributed by atoms with Gasteiger partial charge in [0.25, 0.3) is 5.69 Å². The summed E-state index contributed by atoms with van der Waals surface area (Å²) < 4.78 is 5.77. The summed E-state index contributed by atoms with van der Waals surface area (Å²) in [5.41, 5.74) is 8.00. The molecule has 0 aromatic heterocycles. The summed E-state index contributed by atoms with van der Waals surface area (Å²) in [6.45, 7) is 5.46. The topological polar surface area (TPSA) is 98.7 Å². The van der Waals surface area contributed by atoms with Crippen LogP contribution < -0.4 is 10.5 Å². The van der Waals surface area contributed by atoms with E-state index in [1.807, 2.05) is 37.9 Å². The van der Waals surface area contributed by atoms with Gasteiger partial charge in [-0.25, -0.2) is 0 Å². The van der Waals surface area contributed by atoms with Gasteiger partial charge in [0, 0.05) is 30.3 Å². The van der Waals surface area contributed by atoms with Crippen LogP contribution >= 0.6 is 0 Å². The molecule has 0 bridgehead atoms. The first-order chi connectivity index (χ1) is 12.3. The molecule has 0 heterocycles. The average molecular weight is 357 g/mol. The molecule has 0 saturated heterocycles. The van der Waals surface area contributed by atoms with Crippen LogP contribution in [0, 0.1) is 24.0 Å². The van der Waals surface area contributed by atoms with Crippen LogP contribution in [0.15, 0.2) is 36.4 Å². The molecule has 2 aromatic rings. The first-order valence-corrected chi connectivity index (χ1v) is 8.23. The van der Waals surface area contributed by atoms with Crippen molar-refractivity contribution >= 4 is 11.6 Å². The number of amides is 1. The van der Waals surface area contributed by atoms with Crippen molar-refractivity contribution in [2.75, 3.05) is 20.2 Å². The van der Waals surface area contributed by atoms with Gasteiger partial charge >= 0.3 is 0 Å². The molecular weight excluding hydrogens is 334 g/mol. The van der Waals surface area contributed by atoms with E-state index in [1.54, 1.807) is 6.07 Å². The monoisotopic (exact) mass is 357 g/mol. The van der Waals surface area contributed by atoms with Crippen LogP contribution in [0.25, 0.3) is 0 Å². The molecule has 0 fully saturated rings. The number of nitro benzene ring substituents is 1. The molecule has 0 spiro atoms. The van der Waals surface area contributed by atoms with Gasteiger partial charge in [-0.1, -0.05) is 12.1 Å². The van der Waals surface area contributed by atoms with Gasteiger partial charge < -0.3 is 10.5 Å². The number of hydrogen-bond donors (Lipinski definition) is 1. The third-order valence-corrected chi connectivity index (χ3v) is 3.94. The Morgan fingerprint density at radius 2 is 1.85 bits per heavy atom. The summed E-state index contributed by atoms with van der Waals surface area (Å²) in [6, 6.07) is 10.3. The standard InChI is InChI=1S/C19H23N3O4/c1-13-8-14(2)10-17(9-13)26-7-6-21(3)12-16-5-4-15(19(20)23)11-18(16)22(24)25/h4-5,8-11H,6-7,12H2,1-3H3,(H2,20,23). The predicted octanol–water partition coefficient (Wildman–Crippen LogP) is 2.82. The molecule has 1 amide bonds. The SMILES string of the molecule is Cc1cc(C)cc(OCCN(C)Cc2ccc(C(N)=O)cc2[N+](=O)[O-])c1. The smallest absolute Gasteiger partial charge is 0.274 e. The fourth-order valence-electron chi connectivity index (χ4n) is 2.73. The molecule has 2 rings (SSSR count). The van der Waals surface area contributed by atoms with Crippen molar-refractivity contribution in [3.63, 3.8) is 0 Å². The van der Waals surface area contributed by atoms with Gasteiger partial charge in [-0.05, 0) is 50.2 Å². The number of carbonyl (C=O) groups is 1. The summed E-state index contributed by atoms with van der Waals surface area (Å²) in [5.74, 6) is 0.127. The van der Waals surface area contributed by atoms with Crippen LogP contribution in [-0.4, -0.2) is 35.9 Å². The Kier molecular flexibility index (Phi) is 6.30. The lowest BCUT2D eigenvalue weighted by Gasteiger charge is -2.17. The van der Waals surface area contributed by atoms with Crippen molar-refractivity contribution in [2.45, 2.75) is 20.4 Å². The van der Waals surface area contributed by atoms with Gasteiger partial charge in [0.2, 0.25) is 5.91 Å². The highest BCUT2D eigenvalue weighted by Gasteiger charge is 2.17. The van der Waals surface area contributed by atoms with Crippen molar-refractivity contribution in [1.29, 1.82) is 0 Å². The number of ether oxygens (including phenoxy) is 1. The van der Waals surface area contributed by atoms with Crippen LogP contribution in [0.5, 0.6) is 5.75 Å². The number of aryl methyl sites for hydroxylation is 2. The molecule has 26 heavy (non-hydrogen) atoms. The summed E-state index contributed by atoms with van der Waals surface area (Å²) in [5, 5.41) is 11.3. The van der Waals surface area contributed by atoms with Crippen LogP contribution in [-0.2, 0) is 6.54 Å². The Hall–Kier alpha value is -2.93. The maximum Gasteiger partial charge on any atom is 0.274 e. The van der Waals surface area contributed by atoms with E-state index >= 15 is 0 Å². The van der Waals surface area contributed by atoms with Crippen molar-refractivity contribution in [3.05, 3.63) is 68.8 Å². The number of nitro groups is 1. The fraction of sp³-hybridized carbons (Fsp3) is 0.316. The number of primary amides is 1. The molecule has 7 heteroatoms. The molecule has 0 aliphatic rings. The summed E-state index contributed by atoms with van der Waals surface area (Å²) in [6.07, 6.45) is 0. The number of rotatable bonds is 8. The molecule has 0 aliphatic heterocycles. The summed E-state index contributed by atoms with van der Waals surface area (Å²) in [7, 11) is 1.86. The maximum absolute atomic E-state index is 11.3. The van der Waals surface area contributed by atoms with E-state index in [0.717, 1.165) is 16.9 Å². The zero-order valence-corrected chi connectivity index (χ0v) is 15.2. The first-order valence-electron chi connectivity index (χ1n) is 8.23. The van der Waals surface area contributed by atoms with Gasteiger partial charge in [-0.2, -0.15) is 0 Å². The minimum Gasteiger partial charge on any atom is -0.492 e. The van der Waals surface area contributed by atoms with Crippen molar-refractivity contribution in [2.24, 2.45) is 5.73 Å². The highest BCUT2D eigenvalue weighted by Crippen LogP contribution is 2.22. The van der Waals surface area contributed by atoms with Gasteiger partial charge in [0.15, 0.2) is 0 Å². The van der Waals surface area contributed by atoms with Crippen molar-refractivity contribution in [1.82, 2.24) is 4.90 Å². The van der Waals surface area contributed by atoms with E-state index in [-0.39, 0.29) is 11.3 Å². The number of hydrogen-bond acceptors (Lipinski definition) is 5. The fourth-order valence-corrected chi connectivity index (χ4v) is 2.73. The van der Waals surface area contributed by atoms with Gasteiger partial charge in [0.05, 0.1) is 4.92 Å². The van der Waals surface area contributed by atoms with E-state index in [2.05, 4.69) is 6.07 Å². The lowest BCUT2D eigenvalue weighted by Crippen LogP contribution is -2.24. The highest BCUT2D eigenvalue weighted by molar-refractivity contribution is 5.93. The maximum atomic E-state index is 11.3. The van der Waals surface area contributed by atoms with E-state index in [4.69, 9.17) is 10.5 Å². The third kappa shape index (κ3) is 5.29. The van der Waals surface area contributed by atoms with E-state index in [9.17, 15) is 14.9 Å². The molecule has 138 valence electrons. The zero-order valence-electron chi connectivity index (χ0n) is 15.2. The van der Waals surface area contributed by atoms with Crippen LogP contribution in [0.2, 0.25) is 0 Å². The molecule has 2 aromatic carbocycles. The third-order valence-electron chi connectivity index (χ3n) is 3.94. The van der Waals surface area contributed by atoms with Crippen LogP contribution in [0.1, 0.15) is 27.0 Å². The Morgan fingerprint density at radius 1 is 1.19 bits per heavy atom. The molecular formula is C19H23N3O4. The van der Waals surface area contributed by atoms with Crippen molar-refractivity contribution < 1.29 is 14.5 Å². The number of benzene rings is 2. The Morgan fingerprint density at radius 3 is 2.42 bits per heavy atom. The Labute approximate surface area is 152 Å². The molecule has 0 unspecified atom stereocenters. The second-order valence-electron chi connectivity index (χ2n) is 6.37. The van der Waals surface area contributed by atoms with Crippen LogP contribution in [0.3, 0.4) is 0 Å². The number of nitrogens with two attached hydrogens (primary N) is 1. The molecule has 7 nitrogen and oxygen atoms in total. The second-order valence-corrected chi connectivity index (χ2v) is 6.37. The van der Waals surface area contributed by atoms with Gasteiger partial charge in [0.1, 0.15) is 12.4 Å². The predicted molar refractivity (Wildman–Crippen MR) is 99.4 cm³/mol. The van der Waals surface area contributed by atoms with Crippen molar-refractivity contribution in [3.8, 4) is 5.75 Å². The van der Waals surface area contributed by atoms with E-state index in [0.29, 0.717) is 25.3 Å². The average Bonchev–Trinajstić information content (AvgIpc) is 2.53. The van der Waals surface area contributed by atoms with Crippen LogP contribution in [0.4, 0.5) is 5.69 Å². The summed E-state index contributed by atoms with van der Waals surface area (Å²) >= 11 is 0. The molecule has 0 aliphatic carbocycles. The lowest BCUT2D eigenvalue weighted by molar-refractivity contribution is -0.385. The molecule has 0 atom stereocenters. The second kappa shape index (κ2) is 8.44. The van der Waals surface area contributed by atoms with Gasteiger partial charge in [-0.15, -0.1) is 0 Å². The quantitative estimate of drug-likeness (QED) is 0.578. The highest BCUT2D eigenvalue weighted by atomic mass is 16.6. The Balaban J connectivity index is 1.97. The lowest BCUT2D eigenvalue weighted by atomic mass is 10.1. The number of nitrogens with zero attached hydrogens (tertiary/aromatic N) is 2. The minimum atomic E-state index is -0.685. The van der Waals surface area contributed by atoms with Gasteiger partial charge in [-0.3, -0.25) is 19.8 Å². The molecule has 0 saturated carbocycles. The van der Waals surface area contributed by atoms with E-state index < -0.39 is 10.8 Å². The number of likely N-dealkylation sites (N-methyl/N-ethyl adjacent to an activating group) is 1. The molecule has 0 radical (unpaired) electrons. The zero-order chi connectivity index (χ0) is 19.3.